The van der Waals surface area contributed by atoms with Gasteiger partial charge in [-0.3, -0.25) is 0 Å². The van der Waals surface area contributed by atoms with Gasteiger partial charge in [0.15, 0.2) is 0 Å². The quantitative estimate of drug-likeness (QED) is 0.818. The lowest BCUT2D eigenvalue weighted by Crippen LogP contribution is -2.24. The fourth-order valence-corrected chi connectivity index (χ4v) is 3.44. The standard InChI is InChI=1S/C17H23ClN2S/c1-12(2)19-10-14-9-13(3)5-7-16(14)20(4)11-15-6-8-17(18)21-15/h5-9,12,19H,10-11H2,1-4H3. The fraction of sp³-hybridized carbons (Fsp3) is 0.412. The van der Waals surface area contributed by atoms with E-state index in [9.17, 15) is 0 Å². The molecule has 0 aliphatic heterocycles. The van der Waals surface area contributed by atoms with Crippen LogP contribution >= 0.6 is 22.9 Å². The van der Waals surface area contributed by atoms with Gasteiger partial charge in [0.2, 0.25) is 0 Å². The Labute approximate surface area is 136 Å². The molecule has 0 radical (unpaired) electrons. The highest BCUT2D eigenvalue weighted by molar-refractivity contribution is 7.16. The van der Waals surface area contributed by atoms with E-state index in [1.165, 1.54) is 21.7 Å². The molecule has 1 heterocycles. The van der Waals surface area contributed by atoms with Crippen molar-refractivity contribution in [1.29, 1.82) is 0 Å². The molecule has 2 aromatic rings. The second kappa shape index (κ2) is 7.30. The Balaban J connectivity index is 2.16. The topological polar surface area (TPSA) is 15.3 Å². The molecule has 0 saturated heterocycles. The lowest BCUT2D eigenvalue weighted by atomic mass is 10.1. The number of thiophene rings is 1. The van der Waals surface area contributed by atoms with Crippen molar-refractivity contribution >= 4 is 28.6 Å². The Hall–Kier alpha value is -1.03. The number of hydrogen-bond donors (Lipinski definition) is 1. The average Bonchev–Trinajstić information content (AvgIpc) is 2.81. The Kier molecular flexibility index (Phi) is 5.68. The van der Waals surface area contributed by atoms with E-state index in [1.54, 1.807) is 11.3 Å². The Bertz CT molecular complexity index is 592. The van der Waals surface area contributed by atoms with Crippen molar-refractivity contribution < 1.29 is 0 Å². The summed E-state index contributed by atoms with van der Waals surface area (Å²) >= 11 is 7.66. The molecule has 21 heavy (non-hydrogen) atoms. The van der Waals surface area contributed by atoms with Crippen molar-refractivity contribution in [2.45, 2.75) is 39.9 Å². The van der Waals surface area contributed by atoms with Gasteiger partial charge >= 0.3 is 0 Å². The number of hydrogen-bond acceptors (Lipinski definition) is 3. The highest BCUT2D eigenvalue weighted by atomic mass is 35.5. The van der Waals surface area contributed by atoms with Gasteiger partial charge in [0.05, 0.1) is 10.9 Å². The molecule has 0 spiro atoms. The third kappa shape index (κ3) is 4.73. The maximum atomic E-state index is 6.02. The predicted molar refractivity (Wildman–Crippen MR) is 94.6 cm³/mol. The van der Waals surface area contributed by atoms with E-state index in [2.05, 4.69) is 62.3 Å². The molecule has 4 heteroatoms. The summed E-state index contributed by atoms with van der Waals surface area (Å²) in [6, 6.07) is 11.2. The van der Waals surface area contributed by atoms with E-state index in [0.717, 1.165) is 17.4 Å². The van der Waals surface area contributed by atoms with Gasteiger partial charge in [-0.05, 0) is 30.7 Å². The summed E-state index contributed by atoms with van der Waals surface area (Å²) in [7, 11) is 2.14. The van der Waals surface area contributed by atoms with Gasteiger partial charge in [0.1, 0.15) is 0 Å². The molecule has 0 aliphatic rings. The van der Waals surface area contributed by atoms with Crippen molar-refractivity contribution in [2.75, 3.05) is 11.9 Å². The van der Waals surface area contributed by atoms with Crippen molar-refractivity contribution in [3.8, 4) is 0 Å². The van der Waals surface area contributed by atoms with Crippen LogP contribution in [-0.4, -0.2) is 13.1 Å². The molecule has 1 aromatic carbocycles. The van der Waals surface area contributed by atoms with Crippen LogP contribution in [0.25, 0.3) is 0 Å². The van der Waals surface area contributed by atoms with Crippen LogP contribution in [0, 0.1) is 6.92 Å². The first-order chi connectivity index (χ1) is 9.95. The fourth-order valence-electron chi connectivity index (χ4n) is 2.30. The molecule has 0 aliphatic carbocycles. The molecule has 0 amide bonds. The van der Waals surface area contributed by atoms with Gasteiger partial charge in [0.25, 0.3) is 0 Å². The third-order valence-corrected chi connectivity index (χ3v) is 4.58. The van der Waals surface area contributed by atoms with Crippen LogP contribution in [0.15, 0.2) is 30.3 Å². The predicted octanol–water partition coefficient (Wildman–Crippen LogP) is 4.84. The molecule has 2 nitrogen and oxygen atoms in total. The summed E-state index contributed by atoms with van der Waals surface area (Å²) in [5, 5.41) is 3.51. The second-order valence-corrected chi connectivity index (χ2v) is 7.53. The van der Waals surface area contributed by atoms with E-state index < -0.39 is 0 Å². The molecule has 0 unspecified atom stereocenters. The van der Waals surface area contributed by atoms with Gasteiger partial charge in [-0.15, -0.1) is 11.3 Å². The highest BCUT2D eigenvalue weighted by Crippen LogP contribution is 2.26. The Morgan fingerprint density at radius 2 is 2.00 bits per heavy atom. The lowest BCUT2D eigenvalue weighted by Gasteiger charge is -2.23. The van der Waals surface area contributed by atoms with Crippen LogP contribution < -0.4 is 10.2 Å². The minimum atomic E-state index is 0.486. The highest BCUT2D eigenvalue weighted by Gasteiger charge is 2.10. The van der Waals surface area contributed by atoms with Crippen LogP contribution in [-0.2, 0) is 13.1 Å². The zero-order chi connectivity index (χ0) is 15.4. The normalized spacial score (nSPS) is 11.1. The van der Waals surface area contributed by atoms with Crippen molar-refractivity contribution in [2.24, 2.45) is 0 Å². The number of halogens is 1. The number of rotatable bonds is 6. The summed E-state index contributed by atoms with van der Waals surface area (Å²) < 4.78 is 0.851. The minimum absolute atomic E-state index is 0.486. The third-order valence-electron chi connectivity index (χ3n) is 3.37. The maximum absolute atomic E-state index is 6.02. The van der Waals surface area contributed by atoms with Gasteiger partial charge < -0.3 is 10.2 Å². The molecule has 0 atom stereocenters. The van der Waals surface area contributed by atoms with Gasteiger partial charge in [-0.25, -0.2) is 0 Å². The first-order valence-electron chi connectivity index (χ1n) is 7.24. The van der Waals surface area contributed by atoms with Crippen molar-refractivity contribution in [1.82, 2.24) is 5.32 Å². The van der Waals surface area contributed by atoms with Crippen LogP contribution in [0.3, 0.4) is 0 Å². The molecule has 1 N–H and O–H groups in total. The molecule has 1 aromatic heterocycles. The summed E-state index contributed by atoms with van der Waals surface area (Å²) in [5.74, 6) is 0. The first-order valence-corrected chi connectivity index (χ1v) is 8.43. The lowest BCUT2D eigenvalue weighted by molar-refractivity contribution is 0.588. The van der Waals surface area contributed by atoms with E-state index in [1.807, 2.05) is 6.07 Å². The number of anilines is 1. The van der Waals surface area contributed by atoms with Crippen LogP contribution in [0.2, 0.25) is 4.34 Å². The number of nitrogens with zero attached hydrogens (tertiary/aromatic N) is 1. The Morgan fingerprint density at radius 3 is 2.62 bits per heavy atom. The van der Waals surface area contributed by atoms with E-state index >= 15 is 0 Å². The zero-order valence-corrected chi connectivity index (χ0v) is 14.7. The van der Waals surface area contributed by atoms with Crippen LogP contribution in [0.1, 0.15) is 29.9 Å². The van der Waals surface area contributed by atoms with Gasteiger partial charge in [-0.2, -0.15) is 0 Å². The molecule has 0 saturated carbocycles. The summed E-state index contributed by atoms with van der Waals surface area (Å²) in [4.78, 5) is 3.57. The molecule has 0 fully saturated rings. The second-order valence-electron chi connectivity index (χ2n) is 5.73. The summed E-state index contributed by atoms with van der Waals surface area (Å²) in [6.07, 6.45) is 0. The van der Waals surface area contributed by atoms with Crippen LogP contribution in [0.4, 0.5) is 5.69 Å². The Morgan fingerprint density at radius 1 is 1.24 bits per heavy atom. The van der Waals surface area contributed by atoms with E-state index in [-0.39, 0.29) is 0 Å². The average molecular weight is 323 g/mol. The largest absolute Gasteiger partial charge is 0.369 e. The molecular weight excluding hydrogens is 300 g/mol. The number of aryl methyl sites for hydroxylation is 1. The minimum Gasteiger partial charge on any atom is -0.369 e. The summed E-state index contributed by atoms with van der Waals surface area (Å²) in [5.41, 5.74) is 3.92. The molecule has 2 rings (SSSR count). The number of nitrogens with one attached hydrogen (secondary N) is 1. The van der Waals surface area contributed by atoms with E-state index in [0.29, 0.717) is 6.04 Å². The zero-order valence-electron chi connectivity index (χ0n) is 13.1. The molecule has 0 bridgehead atoms. The smallest absolute Gasteiger partial charge is 0.0931 e. The molecular formula is C17H23ClN2S. The van der Waals surface area contributed by atoms with Crippen LogP contribution in [0.5, 0.6) is 0 Å². The van der Waals surface area contributed by atoms with E-state index in [4.69, 9.17) is 11.6 Å². The SMILES string of the molecule is Cc1ccc(N(C)Cc2ccc(Cl)s2)c(CNC(C)C)c1. The van der Waals surface area contributed by atoms with Crippen molar-refractivity contribution in [3.05, 3.63) is 50.7 Å². The first kappa shape index (κ1) is 16.3. The summed E-state index contributed by atoms with van der Waals surface area (Å²) in [6.45, 7) is 8.26. The number of benzene rings is 1. The molecule has 114 valence electrons. The monoisotopic (exact) mass is 322 g/mol. The maximum Gasteiger partial charge on any atom is 0.0931 e. The van der Waals surface area contributed by atoms with Gasteiger partial charge in [0, 0.05) is 30.2 Å². The van der Waals surface area contributed by atoms with Gasteiger partial charge in [-0.1, -0.05) is 43.1 Å². The van der Waals surface area contributed by atoms with Crippen molar-refractivity contribution in [3.63, 3.8) is 0 Å².